The molecule has 0 bridgehead atoms. The molecule has 0 heterocycles. The Morgan fingerprint density at radius 2 is 1.00 bits per heavy atom. The third-order valence-corrected chi connectivity index (χ3v) is 4.05. The quantitative estimate of drug-likeness (QED) is 0.161. The van der Waals surface area contributed by atoms with E-state index in [1.165, 1.54) is 89.9 Å². The topological polar surface area (TPSA) is 19.9 Å². The van der Waals surface area contributed by atoms with Gasteiger partial charge >= 0.3 is 0 Å². The van der Waals surface area contributed by atoms with Crippen molar-refractivity contribution in [3.05, 3.63) is 24.5 Å². The summed E-state index contributed by atoms with van der Waals surface area (Å²) in [7, 11) is 0. The first kappa shape index (κ1) is 20.3. The SMILES string of the molecule is CCCCCCCCCCCCCCCC/C=C/C=C/[O]. The highest BCUT2D eigenvalue weighted by atomic mass is 16.2. The Labute approximate surface area is 133 Å². The Bertz CT molecular complexity index is 230. The van der Waals surface area contributed by atoms with Crippen LogP contribution in [0.25, 0.3) is 0 Å². The largest absolute Gasteiger partial charge is 0.299 e. The summed E-state index contributed by atoms with van der Waals surface area (Å²) in [6.45, 7) is 2.28. The van der Waals surface area contributed by atoms with Crippen molar-refractivity contribution in [2.75, 3.05) is 0 Å². The molecule has 0 amide bonds. The zero-order valence-corrected chi connectivity index (χ0v) is 14.3. The maximum Gasteiger partial charge on any atom is 0.142 e. The van der Waals surface area contributed by atoms with Gasteiger partial charge in [0.05, 0.1) is 0 Å². The summed E-state index contributed by atoms with van der Waals surface area (Å²) in [4.78, 5) is 0. The highest BCUT2D eigenvalue weighted by Gasteiger charge is 1.93. The van der Waals surface area contributed by atoms with Crippen LogP contribution in [-0.2, 0) is 5.11 Å². The lowest BCUT2D eigenvalue weighted by atomic mass is 10.0. The lowest BCUT2D eigenvalue weighted by molar-refractivity contribution is 0.352. The van der Waals surface area contributed by atoms with Gasteiger partial charge in [0.1, 0.15) is 6.26 Å². The van der Waals surface area contributed by atoms with Crippen molar-refractivity contribution in [2.24, 2.45) is 0 Å². The molecule has 0 spiro atoms. The van der Waals surface area contributed by atoms with E-state index < -0.39 is 0 Å². The van der Waals surface area contributed by atoms with Crippen LogP contribution in [0, 0.1) is 0 Å². The summed E-state index contributed by atoms with van der Waals surface area (Å²) in [5.41, 5.74) is 0. The van der Waals surface area contributed by atoms with E-state index in [4.69, 9.17) is 0 Å². The molecule has 0 aliphatic rings. The maximum absolute atomic E-state index is 10.1. The lowest BCUT2D eigenvalue weighted by Crippen LogP contribution is -1.83. The number of hydrogen-bond acceptors (Lipinski definition) is 0. The van der Waals surface area contributed by atoms with Crippen LogP contribution in [0.3, 0.4) is 0 Å². The molecule has 0 unspecified atom stereocenters. The fraction of sp³-hybridized carbons (Fsp3) is 0.800. The Morgan fingerprint density at radius 3 is 1.43 bits per heavy atom. The first-order valence-corrected chi connectivity index (χ1v) is 9.35. The molecule has 1 nitrogen and oxygen atoms in total. The van der Waals surface area contributed by atoms with Gasteiger partial charge in [0.15, 0.2) is 0 Å². The number of allylic oxidation sites excluding steroid dienone is 3. The normalized spacial score (nSPS) is 11.9. The molecule has 0 N–H and O–H groups in total. The molecule has 0 aromatic heterocycles. The van der Waals surface area contributed by atoms with E-state index >= 15 is 0 Å². The molecule has 0 aromatic rings. The van der Waals surface area contributed by atoms with Crippen molar-refractivity contribution < 1.29 is 5.11 Å². The minimum Gasteiger partial charge on any atom is -0.299 e. The average Bonchev–Trinajstić information content (AvgIpc) is 2.50. The van der Waals surface area contributed by atoms with E-state index in [9.17, 15) is 5.11 Å². The summed E-state index contributed by atoms with van der Waals surface area (Å²) in [6.07, 6.45) is 27.2. The van der Waals surface area contributed by atoms with Crippen molar-refractivity contribution in [1.29, 1.82) is 0 Å². The minimum atomic E-state index is 0.835. The molecule has 0 aliphatic carbocycles. The molecule has 0 aliphatic heterocycles. The highest BCUT2D eigenvalue weighted by Crippen LogP contribution is 2.13. The summed E-state index contributed by atoms with van der Waals surface area (Å²) in [5, 5.41) is 10.1. The van der Waals surface area contributed by atoms with Crippen molar-refractivity contribution in [2.45, 2.75) is 103 Å². The zero-order chi connectivity index (χ0) is 15.4. The van der Waals surface area contributed by atoms with Crippen molar-refractivity contribution >= 4 is 0 Å². The fourth-order valence-electron chi connectivity index (χ4n) is 2.68. The van der Waals surface area contributed by atoms with Crippen LogP contribution in [0.15, 0.2) is 24.5 Å². The van der Waals surface area contributed by atoms with Crippen LogP contribution in [0.4, 0.5) is 0 Å². The van der Waals surface area contributed by atoms with E-state index in [-0.39, 0.29) is 0 Å². The Balaban J connectivity index is 2.99. The molecule has 21 heavy (non-hydrogen) atoms. The molecule has 0 aromatic carbocycles. The Hall–Kier alpha value is -0.720. The van der Waals surface area contributed by atoms with E-state index in [1.54, 1.807) is 6.08 Å². The number of unbranched alkanes of at least 4 members (excludes halogenated alkanes) is 14. The summed E-state index contributed by atoms with van der Waals surface area (Å²) >= 11 is 0. The molecule has 0 saturated heterocycles. The van der Waals surface area contributed by atoms with Gasteiger partial charge in [-0.3, -0.25) is 5.11 Å². The van der Waals surface area contributed by atoms with Gasteiger partial charge in [0.25, 0.3) is 0 Å². The highest BCUT2D eigenvalue weighted by molar-refractivity contribution is 4.98. The van der Waals surface area contributed by atoms with Gasteiger partial charge in [-0.15, -0.1) is 0 Å². The van der Waals surface area contributed by atoms with Gasteiger partial charge < -0.3 is 0 Å². The summed E-state index contributed by atoms with van der Waals surface area (Å²) in [5.74, 6) is 0. The van der Waals surface area contributed by atoms with Crippen LogP contribution < -0.4 is 0 Å². The van der Waals surface area contributed by atoms with Crippen LogP contribution in [0.1, 0.15) is 103 Å². The van der Waals surface area contributed by atoms with Gasteiger partial charge in [-0.05, 0) is 18.9 Å². The second-order valence-corrected chi connectivity index (χ2v) is 6.14. The van der Waals surface area contributed by atoms with Crippen molar-refractivity contribution in [3.8, 4) is 0 Å². The molecule has 123 valence electrons. The van der Waals surface area contributed by atoms with Crippen molar-refractivity contribution in [3.63, 3.8) is 0 Å². The van der Waals surface area contributed by atoms with Gasteiger partial charge in [0, 0.05) is 0 Å². The van der Waals surface area contributed by atoms with Gasteiger partial charge in [-0.1, -0.05) is 103 Å². The van der Waals surface area contributed by atoms with Crippen LogP contribution >= 0.6 is 0 Å². The van der Waals surface area contributed by atoms with Gasteiger partial charge in [-0.25, -0.2) is 0 Å². The molecule has 0 rings (SSSR count). The van der Waals surface area contributed by atoms with E-state index in [1.807, 2.05) is 6.08 Å². The predicted octanol–water partition coefficient (Wildman–Crippen LogP) is 7.36. The molecule has 0 saturated carbocycles. The molecular formula is C20H37O. The van der Waals surface area contributed by atoms with Crippen molar-refractivity contribution in [1.82, 2.24) is 0 Å². The third kappa shape index (κ3) is 19.3. The molecular weight excluding hydrogens is 256 g/mol. The number of hydrogen-bond donors (Lipinski definition) is 0. The molecule has 1 radical (unpaired) electrons. The fourth-order valence-corrected chi connectivity index (χ4v) is 2.68. The van der Waals surface area contributed by atoms with Crippen LogP contribution in [0.5, 0.6) is 0 Å². The smallest absolute Gasteiger partial charge is 0.142 e. The Morgan fingerprint density at radius 1 is 0.571 bits per heavy atom. The average molecular weight is 294 g/mol. The standard InChI is InChI=1S/C20H37O/c1-2-3-4-5-6-7-8-9-10-11-12-13-14-15-16-17-18-19-20-21/h17-20H,2-16H2,1H3/b18-17+,20-19+. The Kier molecular flexibility index (Phi) is 18.6. The molecule has 0 atom stereocenters. The predicted molar refractivity (Wildman–Crippen MR) is 93.9 cm³/mol. The second-order valence-electron chi connectivity index (χ2n) is 6.14. The first-order valence-electron chi connectivity index (χ1n) is 9.35. The summed E-state index contributed by atoms with van der Waals surface area (Å²) in [6, 6.07) is 0. The maximum atomic E-state index is 10.1. The summed E-state index contributed by atoms with van der Waals surface area (Å²) < 4.78 is 0. The zero-order valence-electron chi connectivity index (χ0n) is 14.3. The van der Waals surface area contributed by atoms with E-state index in [2.05, 4.69) is 13.0 Å². The third-order valence-electron chi connectivity index (χ3n) is 4.05. The van der Waals surface area contributed by atoms with E-state index in [0.29, 0.717) is 0 Å². The van der Waals surface area contributed by atoms with E-state index in [0.717, 1.165) is 12.7 Å². The van der Waals surface area contributed by atoms with Gasteiger partial charge in [0.2, 0.25) is 0 Å². The second kappa shape index (κ2) is 19.3. The van der Waals surface area contributed by atoms with Crippen LogP contribution in [-0.4, -0.2) is 0 Å². The van der Waals surface area contributed by atoms with Crippen LogP contribution in [0.2, 0.25) is 0 Å². The minimum absolute atomic E-state index is 0.835. The monoisotopic (exact) mass is 293 g/mol. The molecule has 0 fully saturated rings. The number of rotatable bonds is 16. The van der Waals surface area contributed by atoms with Gasteiger partial charge in [-0.2, -0.15) is 0 Å². The molecule has 1 heteroatoms. The lowest BCUT2D eigenvalue weighted by Gasteiger charge is -2.02. The first-order chi connectivity index (χ1) is 10.4.